The Labute approximate surface area is 123 Å². The van der Waals surface area contributed by atoms with Gasteiger partial charge in [-0.15, -0.1) is 0 Å². The molecule has 0 radical (unpaired) electrons. The number of carbonyl (C=O) groups excluding carboxylic acids is 1. The molecule has 1 aromatic carbocycles. The van der Waals surface area contributed by atoms with Crippen molar-refractivity contribution < 1.29 is 19.1 Å². The minimum absolute atomic E-state index is 0.0457. The summed E-state index contributed by atoms with van der Waals surface area (Å²) in [6, 6.07) is 4.01. The molecule has 21 heavy (non-hydrogen) atoms. The maximum atomic E-state index is 14.0. The smallest absolute Gasteiger partial charge is 0.328 e. The molecular formula is C16H20FNO3. The Morgan fingerprint density at radius 1 is 1.33 bits per heavy atom. The Balaban J connectivity index is 2.94. The number of hydrogen-bond donors (Lipinski definition) is 2. The maximum Gasteiger partial charge on any atom is 0.328 e. The summed E-state index contributed by atoms with van der Waals surface area (Å²) < 4.78 is 14.0. The number of carbonyl (C=O) groups is 2. The molecule has 0 saturated heterocycles. The number of aliphatic carboxylic acids is 1. The molecular weight excluding hydrogens is 273 g/mol. The zero-order chi connectivity index (χ0) is 16.0. The van der Waals surface area contributed by atoms with Crippen molar-refractivity contribution in [1.29, 1.82) is 0 Å². The molecule has 114 valence electrons. The van der Waals surface area contributed by atoms with Gasteiger partial charge in [0.05, 0.1) is 5.56 Å². The fourth-order valence-corrected chi connectivity index (χ4v) is 1.75. The molecule has 1 rings (SSSR count). The lowest BCUT2D eigenvalue weighted by Gasteiger charge is -2.28. The minimum atomic E-state index is -1.11. The Bertz CT molecular complexity index is 563. The largest absolute Gasteiger partial charge is 0.478 e. The predicted octanol–water partition coefficient (Wildman–Crippen LogP) is 3.23. The summed E-state index contributed by atoms with van der Waals surface area (Å²) in [5, 5.41) is 11.4. The van der Waals surface area contributed by atoms with Crippen molar-refractivity contribution in [2.45, 2.75) is 39.2 Å². The van der Waals surface area contributed by atoms with Gasteiger partial charge in [0, 0.05) is 11.6 Å². The van der Waals surface area contributed by atoms with Crippen LogP contribution in [0.5, 0.6) is 0 Å². The van der Waals surface area contributed by atoms with Gasteiger partial charge < -0.3 is 10.4 Å². The molecule has 0 aliphatic rings. The van der Waals surface area contributed by atoms with Crippen molar-refractivity contribution in [2.75, 3.05) is 0 Å². The number of rotatable bonds is 6. The summed E-state index contributed by atoms with van der Waals surface area (Å²) in [6.07, 6.45) is 3.68. The number of benzene rings is 1. The molecule has 0 heterocycles. The van der Waals surface area contributed by atoms with E-state index in [0.29, 0.717) is 5.56 Å². The van der Waals surface area contributed by atoms with Crippen LogP contribution >= 0.6 is 0 Å². The molecule has 5 heteroatoms. The van der Waals surface area contributed by atoms with Crippen LogP contribution in [0.25, 0.3) is 6.08 Å². The van der Waals surface area contributed by atoms with Gasteiger partial charge in [0.15, 0.2) is 0 Å². The number of nitrogens with one attached hydrogen (secondary N) is 1. The highest BCUT2D eigenvalue weighted by Crippen LogP contribution is 2.17. The van der Waals surface area contributed by atoms with Gasteiger partial charge in [0.25, 0.3) is 5.91 Å². The molecule has 0 unspecified atom stereocenters. The Morgan fingerprint density at radius 3 is 2.43 bits per heavy atom. The number of halogens is 1. The molecule has 0 bridgehead atoms. The molecule has 0 saturated carbocycles. The van der Waals surface area contributed by atoms with Gasteiger partial charge in [-0.3, -0.25) is 4.79 Å². The lowest BCUT2D eigenvalue weighted by molar-refractivity contribution is -0.131. The van der Waals surface area contributed by atoms with Crippen molar-refractivity contribution in [2.24, 2.45) is 0 Å². The Hall–Kier alpha value is -2.17. The first-order valence-electron chi connectivity index (χ1n) is 6.84. The van der Waals surface area contributed by atoms with Crippen LogP contribution < -0.4 is 5.32 Å². The van der Waals surface area contributed by atoms with Gasteiger partial charge in [0.2, 0.25) is 0 Å². The van der Waals surface area contributed by atoms with Crippen LogP contribution in [0.15, 0.2) is 24.3 Å². The van der Waals surface area contributed by atoms with Gasteiger partial charge in [-0.2, -0.15) is 0 Å². The number of carboxylic acids is 1. The molecule has 0 atom stereocenters. The molecule has 0 aliphatic carbocycles. The Kier molecular flexibility index (Phi) is 5.64. The summed E-state index contributed by atoms with van der Waals surface area (Å²) in [6.45, 7) is 5.83. The van der Waals surface area contributed by atoms with Crippen LogP contribution in [0.1, 0.15) is 49.5 Å². The number of amides is 1. The van der Waals surface area contributed by atoms with Gasteiger partial charge in [0.1, 0.15) is 5.82 Å². The van der Waals surface area contributed by atoms with Crippen molar-refractivity contribution in [1.82, 2.24) is 5.32 Å². The summed E-state index contributed by atoms with van der Waals surface area (Å²) in [4.78, 5) is 22.5. The molecule has 1 aromatic rings. The highest BCUT2D eigenvalue weighted by atomic mass is 19.1. The summed E-state index contributed by atoms with van der Waals surface area (Å²) in [7, 11) is 0. The average Bonchev–Trinajstić information content (AvgIpc) is 2.44. The Morgan fingerprint density at radius 2 is 1.95 bits per heavy atom. The standard InChI is InChI=1S/C16H20FNO3/c1-4-16(3,5-2)18-15(21)12-8-6-11(10-13(12)17)7-9-14(19)20/h6-10H,4-5H2,1-3H3,(H,18,21)(H,19,20)/b9-7+. The van der Waals surface area contributed by atoms with E-state index in [1.165, 1.54) is 18.2 Å². The zero-order valence-electron chi connectivity index (χ0n) is 12.4. The van der Waals surface area contributed by atoms with E-state index in [-0.39, 0.29) is 11.1 Å². The van der Waals surface area contributed by atoms with Crippen molar-refractivity contribution >= 4 is 18.0 Å². The fourth-order valence-electron chi connectivity index (χ4n) is 1.75. The molecule has 0 fully saturated rings. The van der Waals surface area contributed by atoms with E-state index in [0.717, 1.165) is 25.0 Å². The second-order valence-corrected chi connectivity index (χ2v) is 5.13. The van der Waals surface area contributed by atoms with E-state index >= 15 is 0 Å². The summed E-state index contributed by atoms with van der Waals surface area (Å²) >= 11 is 0. The van der Waals surface area contributed by atoms with Crippen LogP contribution in [0.2, 0.25) is 0 Å². The second kappa shape index (κ2) is 7.02. The third-order valence-corrected chi connectivity index (χ3v) is 3.63. The quantitative estimate of drug-likeness (QED) is 0.791. The zero-order valence-corrected chi connectivity index (χ0v) is 12.4. The monoisotopic (exact) mass is 293 g/mol. The van der Waals surface area contributed by atoms with Crippen LogP contribution in [-0.2, 0) is 4.79 Å². The highest BCUT2D eigenvalue weighted by Gasteiger charge is 2.23. The van der Waals surface area contributed by atoms with Crippen molar-refractivity contribution in [3.63, 3.8) is 0 Å². The van der Waals surface area contributed by atoms with E-state index in [1.54, 1.807) is 0 Å². The highest BCUT2D eigenvalue weighted by molar-refractivity contribution is 5.95. The van der Waals surface area contributed by atoms with Gasteiger partial charge in [-0.05, 0) is 43.5 Å². The molecule has 4 nitrogen and oxygen atoms in total. The van der Waals surface area contributed by atoms with E-state index < -0.39 is 17.7 Å². The van der Waals surface area contributed by atoms with Crippen LogP contribution in [0.4, 0.5) is 4.39 Å². The third-order valence-electron chi connectivity index (χ3n) is 3.63. The maximum absolute atomic E-state index is 14.0. The lowest BCUT2D eigenvalue weighted by atomic mass is 9.95. The first-order valence-corrected chi connectivity index (χ1v) is 6.84. The predicted molar refractivity (Wildman–Crippen MR) is 79.5 cm³/mol. The average molecular weight is 293 g/mol. The second-order valence-electron chi connectivity index (χ2n) is 5.13. The van der Waals surface area contributed by atoms with Crippen molar-refractivity contribution in [3.05, 3.63) is 41.2 Å². The molecule has 2 N–H and O–H groups in total. The first-order chi connectivity index (χ1) is 9.81. The number of hydrogen-bond acceptors (Lipinski definition) is 2. The lowest BCUT2D eigenvalue weighted by Crippen LogP contribution is -2.45. The summed E-state index contributed by atoms with van der Waals surface area (Å²) in [5.41, 5.74) is -0.0263. The van der Waals surface area contributed by atoms with E-state index in [9.17, 15) is 14.0 Å². The van der Waals surface area contributed by atoms with Crippen LogP contribution in [0, 0.1) is 5.82 Å². The van der Waals surface area contributed by atoms with Gasteiger partial charge in [-0.25, -0.2) is 9.18 Å². The fraction of sp³-hybridized carbons (Fsp3) is 0.375. The summed E-state index contributed by atoms with van der Waals surface area (Å²) in [5.74, 6) is -2.25. The first kappa shape index (κ1) is 16.9. The molecule has 0 aromatic heterocycles. The molecule has 0 aliphatic heterocycles. The normalized spacial score (nSPS) is 11.6. The van der Waals surface area contributed by atoms with Crippen molar-refractivity contribution in [3.8, 4) is 0 Å². The third kappa shape index (κ3) is 4.70. The van der Waals surface area contributed by atoms with Crippen LogP contribution in [-0.4, -0.2) is 22.5 Å². The number of carboxylic acid groups (broad SMARTS) is 1. The minimum Gasteiger partial charge on any atom is -0.478 e. The van der Waals surface area contributed by atoms with E-state index in [2.05, 4.69) is 5.32 Å². The topological polar surface area (TPSA) is 66.4 Å². The van der Waals surface area contributed by atoms with E-state index in [4.69, 9.17) is 5.11 Å². The molecule has 0 spiro atoms. The SMILES string of the molecule is CCC(C)(CC)NC(=O)c1ccc(/C=C/C(=O)O)cc1F. The van der Waals surface area contributed by atoms with Crippen LogP contribution in [0.3, 0.4) is 0 Å². The van der Waals surface area contributed by atoms with Gasteiger partial charge in [-0.1, -0.05) is 19.9 Å². The van der Waals surface area contributed by atoms with E-state index in [1.807, 2.05) is 20.8 Å². The van der Waals surface area contributed by atoms with Gasteiger partial charge >= 0.3 is 5.97 Å². The molecule has 1 amide bonds.